The fourth-order valence-corrected chi connectivity index (χ4v) is 1.12. The van der Waals surface area contributed by atoms with E-state index in [1.807, 2.05) is 0 Å². The molecule has 0 amide bonds. The standard InChI is InChI=1S/C7H14NO/c1-6(2)3-8-4-7(9)5-8/h7,9H,3-5H2,1-2H3. The molecule has 0 aromatic carbocycles. The van der Waals surface area contributed by atoms with Crippen LogP contribution < -0.4 is 0 Å². The topological polar surface area (TPSA) is 23.5 Å². The molecule has 0 unspecified atom stereocenters. The molecule has 1 radical (unpaired) electrons. The number of aliphatic hydroxyl groups excluding tert-OH is 1. The first-order valence-electron chi connectivity index (χ1n) is 3.38. The van der Waals surface area contributed by atoms with Gasteiger partial charge in [0.15, 0.2) is 0 Å². The number of likely N-dealkylation sites (tertiary alicyclic amines) is 1. The second-order valence-corrected chi connectivity index (χ2v) is 3.06. The van der Waals surface area contributed by atoms with Crippen LogP contribution in [0.5, 0.6) is 0 Å². The summed E-state index contributed by atoms with van der Waals surface area (Å²) in [5.74, 6) is 1.42. The molecular weight excluding hydrogens is 114 g/mol. The highest BCUT2D eigenvalue weighted by atomic mass is 16.3. The van der Waals surface area contributed by atoms with Gasteiger partial charge in [-0.2, -0.15) is 0 Å². The lowest BCUT2D eigenvalue weighted by Crippen LogP contribution is -2.51. The highest BCUT2D eigenvalue weighted by Gasteiger charge is 2.23. The Morgan fingerprint density at radius 1 is 1.56 bits per heavy atom. The van der Waals surface area contributed by atoms with Crippen LogP contribution in [0.25, 0.3) is 0 Å². The molecule has 1 aliphatic rings. The quantitative estimate of drug-likeness (QED) is 0.577. The summed E-state index contributed by atoms with van der Waals surface area (Å²) in [5, 5.41) is 8.88. The smallest absolute Gasteiger partial charge is 0.0793 e. The highest BCUT2D eigenvalue weighted by Crippen LogP contribution is 2.10. The molecule has 0 aromatic rings. The first-order valence-corrected chi connectivity index (χ1v) is 3.38. The van der Waals surface area contributed by atoms with Crippen molar-refractivity contribution in [2.24, 2.45) is 0 Å². The van der Waals surface area contributed by atoms with Gasteiger partial charge in [-0.3, -0.25) is 4.90 Å². The van der Waals surface area contributed by atoms with Gasteiger partial charge in [-0.25, -0.2) is 0 Å². The fourth-order valence-electron chi connectivity index (χ4n) is 1.12. The van der Waals surface area contributed by atoms with Gasteiger partial charge in [0.1, 0.15) is 0 Å². The highest BCUT2D eigenvalue weighted by molar-refractivity contribution is 4.88. The van der Waals surface area contributed by atoms with Crippen molar-refractivity contribution in [3.05, 3.63) is 5.92 Å². The van der Waals surface area contributed by atoms with Crippen molar-refractivity contribution >= 4 is 0 Å². The molecule has 1 rings (SSSR count). The molecule has 0 bridgehead atoms. The van der Waals surface area contributed by atoms with Crippen molar-refractivity contribution in [3.8, 4) is 0 Å². The number of hydrogen-bond acceptors (Lipinski definition) is 2. The average molecular weight is 128 g/mol. The Morgan fingerprint density at radius 2 is 2.11 bits per heavy atom. The normalized spacial score (nSPS) is 22.7. The van der Waals surface area contributed by atoms with Crippen LogP contribution in [0.4, 0.5) is 0 Å². The number of nitrogens with zero attached hydrogens (tertiary/aromatic N) is 1. The molecule has 1 aliphatic heterocycles. The van der Waals surface area contributed by atoms with E-state index < -0.39 is 0 Å². The lowest BCUT2D eigenvalue weighted by Gasteiger charge is -2.36. The Morgan fingerprint density at radius 3 is 2.44 bits per heavy atom. The van der Waals surface area contributed by atoms with E-state index in [1.54, 1.807) is 0 Å². The van der Waals surface area contributed by atoms with Crippen LogP contribution in [0.3, 0.4) is 0 Å². The summed E-state index contributed by atoms with van der Waals surface area (Å²) in [4.78, 5) is 2.24. The molecule has 0 spiro atoms. The van der Waals surface area contributed by atoms with E-state index >= 15 is 0 Å². The number of rotatable bonds is 2. The molecular formula is C7H14NO. The molecule has 1 saturated heterocycles. The zero-order chi connectivity index (χ0) is 6.85. The van der Waals surface area contributed by atoms with Crippen LogP contribution in [0.2, 0.25) is 0 Å². The summed E-state index contributed by atoms with van der Waals surface area (Å²) >= 11 is 0. The van der Waals surface area contributed by atoms with E-state index in [2.05, 4.69) is 18.7 Å². The van der Waals surface area contributed by atoms with Crippen molar-refractivity contribution < 1.29 is 5.11 Å². The van der Waals surface area contributed by atoms with Crippen molar-refractivity contribution in [2.75, 3.05) is 19.6 Å². The Labute approximate surface area is 56.5 Å². The van der Waals surface area contributed by atoms with E-state index in [-0.39, 0.29) is 6.10 Å². The van der Waals surface area contributed by atoms with Crippen molar-refractivity contribution in [2.45, 2.75) is 20.0 Å². The molecule has 2 nitrogen and oxygen atoms in total. The van der Waals surface area contributed by atoms with Gasteiger partial charge in [0.25, 0.3) is 0 Å². The predicted molar refractivity (Wildman–Crippen MR) is 37.0 cm³/mol. The Balaban J connectivity index is 2.04. The van der Waals surface area contributed by atoms with Gasteiger partial charge in [0, 0.05) is 19.6 Å². The third kappa shape index (κ3) is 1.95. The Kier molecular flexibility index (Phi) is 2.09. The maximum Gasteiger partial charge on any atom is 0.0793 e. The van der Waals surface area contributed by atoms with E-state index in [0.717, 1.165) is 19.6 Å². The van der Waals surface area contributed by atoms with Gasteiger partial charge < -0.3 is 5.11 Å². The maximum absolute atomic E-state index is 8.88. The predicted octanol–water partition coefficient (Wildman–Crippen LogP) is 0.277. The first-order chi connectivity index (χ1) is 4.18. The molecule has 1 fully saturated rings. The zero-order valence-electron chi connectivity index (χ0n) is 6.09. The van der Waals surface area contributed by atoms with Crippen molar-refractivity contribution in [1.29, 1.82) is 0 Å². The molecule has 0 aliphatic carbocycles. The van der Waals surface area contributed by atoms with Crippen LogP contribution in [0.1, 0.15) is 13.8 Å². The van der Waals surface area contributed by atoms with E-state index in [9.17, 15) is 0 Å². The lowest BCUT2D eigenvalue weighted by molar-refractivity contribution is 0.00543. The summed E-state index contributed by atoms with van der Waals surface area (Å²) in [6.45, 7) is 7.02. The largest absolute Gasteiger partial charge is 0.390 e. The molecule has 1 heterocycles. The van der Waals surface area contributed by atoms with Crippen molar-refractivity contribution in [1.82, 2.24) is 4.90 Å². The molecule has 0 atom stereocenters. The molecule has 0 aromatic heterocycles. The number of aliphatic hydroxyl groups is 1. The van der Waals surface area contributed by atoms with Crippen LogP contribution >= 0.6 is 0 Å². The summed E-state index contributed by atoms with van der Waals surface area (Å²) < 4.78 is 0. The maximum atomic E-state index is 8.88. The third-order valence-electron chi connectivity index (χ3n) is 1.48. The van der Waals surface area contributed by atoms with Crippen LogP contribution in [0, 0.1) is 5.92 Å². The Bertz CT molecular complexity index is 86.9. The fraction of sp³-hybridized carbons (Fsp3) is 0.857. The molecule has 0 saturated carbocycles. The minimum absolute atomic E-state index is 0.0515. The van der Waals surface area contributed by atoms with Crippen molar-refractivity contribution in [3.63, 3.8) is 0 Å². The van der Waals surface area contributed by atoms with Gasteiger partial charge in [0.05, 0.1) is 6.10 Å². The van der Waals surface area contributed by atoms with Crippen LogP contribution in [-0.2, 0) is 0 Å². The average Bonchev–Trinajstić information content (AvgIpc) is 1.60. The van der Waals surface area contributed by atoms with Crippen LogP contribution in [-0.4, -0.2) is 35.7 Å². The van der Waals surface area contributed by atoms with Gasteiger partial charge >= 0.3 is 0 Å². The SMILES string of the molecule is C[C](C)CN1CC(O)C1. The van der Waals surface area contributed by atoms with E-state index in [1.165, 1.54) is 5.92 Å². The minimum atomic E-state index is -0.0515. The summed E-state index contributed by atoms with van der Waals surface area (Å²) in [7, 11) is 0. The zero-order valence-corrected chi connectivity index (χ0v) is 6.09. The second-order valence-electron chi connectivity index (χ2n) is 3.06. The van der Waals surface area contributed by atoms with E-state index in [0.29, 0.717) is 0 Å². The first kappa shape index (κ1) is 7.03. The van der Waals surface area contributed by atoms with Gasteiger partial charge in [-0.1, -0.05) is 13.8 Å². The number of β-amino-alcohol motifs (C(OH)–C–C–N with tert-alkyl or cyclic N) is 1. The van der Waals surface area contributed by atoms with Gasteiger partial charge in [-0.05, 0) is 5.92 Å². The monoisotopic (exact) mass is 128 g/mol. The Hall–Kier alpha value is -0.0800. The third-order valence-corrected chi connectivity index (χ3v) is 1.48. The molecule has 53 valence electrons. The van der Waals surface area contributed by atoms with Gasteiger partial charge in [-0.15, -0.1) is 0 Å². The summed E-state index contributed by atoms with van der Waals surface area (Å²) in [6, 6.07) is 0. The molecule has 1 N–H and O–H groups in total. The number of hydrogen-bond donors (Lipinski definition) is 1. The molecule has 9 heavy (non-hydrogen) atoms. The van der Waals surface area contributed by atoms with Crippen LogP contribution in [0.15, 0.2) is 0 Å². The lowest BCUT2D eigenvalue weighted by atomic mass is 10.1. The van der Waals surface area contributed by atoms with Gasteiger partial charge in [0.2, 0.25) is 0 Å². The molecule has 2 heteroatoms. The minimum Gasteiger partial charge on any atom is -0.390 e. The van der Waals surface area contributed by atoms with E-state index in [4.69, 9.17) is 5.11 Å². The summed E-state index contributed by atoms with van der Waals surface area (Å²) in [6.07, 6.45) is -0.0515. The summed E-state index contributed by atoms with van der Waals surface area (Å²) in [5.41, 5.74) is 0. The second kappa shape index (κ2) is 2.67.